The maximum atomic E-state index is 12.0. The number of nitro groups is 1. The van der Waals surface area contributed by atoms with Crippen LogP contribution in [0.4, 0.5) is 16.8 Å². The van der Waals surface area contributed by atoms with Crippen LogP contribution in [0.15, 0.2) is 42.6 Å². The van der Waals surface area contributed by atoms with Gasteiger partial charge in [0.2, 0.25) is 5.91 Å². The number of aromatic nitrogens is 3. The van der Waals surface area contributed by atoms with E-state index in [0.717, 1.165) is 16.3 Å². The molecule has 0 aliphatic carbocycles. The molecule has 0 aliphatic rings. The molecular formula is C18H19N7O4S. The molecule has 0 radical (unpaired) electrons. The highest BCUT2D eigenvalue weighted by atomic mass is 32.1. The number of amides is 1. The minimum Gasteiger partial charge on any atom is -0.391 e. The van der Waals surface area contributed by atoms with E-state index >= 15 is 0 Å². The van der Waals surface area contributed by atoms with Crippen LogP contribution in [0.25, 0.3) is 10.6 Å². The molecule has 0 bridgehead atoms. The van der Waals surface area contributed by atoms with Crippen molar-refractivity contribution in [1.82, 2.24) is 15.0 Å². The average Bonchev–Trinajstić information content (AvgIpc) is 3.08. The van der Waals surface area contributed by atoms with E-state index in [1.807, 2.05) is 0 Å². The van der Waals surface area contributed by atoms with Crippen LogP contribution in [0, 0.1) is 17.0 Å². The number of rotatable bonds is 7. The van der Waals surface area contributed by atoms with E-state index in [0.29, 0.717) is 22.0 Å². The Kier molecular flexibility index (Phi) is 6.30. The number of benzene rings is 1. The highest BCUT2D eigenvalue weighted by Gasteiger charge is 2.25. The quantitative estimate of drug-likeness (QED) is 0.376. The molecule has 30 heavy (non-hydrogen) atoms. The molecule has 0 spiro atoms. The molecule has 156 valence electrons. The van der Waals surface area contributed by atoms with Gasteiger partial charge in [-0.1, -0.05) is 29.5 Å². The molecule has 2 aromatic heterocycles. The summed E-state index contributed by atoms with van der Waals surface area (Å²) in [4.78, 5) is 36.9. The Hall–Kier alpha value is -3.48. The Balaban J connectivity index is 1.92. The Bertz CT molecular complexity index is 1060. The average molecular weight is 429 g/mol. The first-order chi connectivity index (χ1) is 14.3. The lowest BCUT2D eigenvalue weighted by Crippen LogP contribution is -2.43. The fourth-order valence-corrected chi connectivity index (χ4v) is 3.46. The lowest BCUT2D eigenvalue weighted by Gasteiger charge is -2.12. The minimum atomic E-state index is -1.09. The number of anilines is 3. The number of carbonyl (C=O) groups excluding carboxylic acids is 1. The van der Waals surface area contributed by atoms with E-state index in [1.165, 1.54) is 13.1 Å². The van der Waals surface area contributed by atoms with Crippen LogP contribution < -0.4 is 16.1 Å². The predicted octanol–water partition coefficient (Wildman–Crippen LogP) is 1.88. The van der Waals surface area contributed by atoms with E-state index in [2.05, 4.69) is 20.3 Å². The van der Waals surface area contributed by atoms with Crippen LogP contribution in [0.1, 0.15) is 12.6 Å². The van der Waals surface area contributed by atoms with E-state index in [1.54, 1.807) is 43.3 Å². The van der Waals surface area contributed by atoms with Crippen molar-refractivity contribution >= 4 is 34.0 Å². The van der Waals surface area contributed by atoms with Crippen molar-refractivity contribution < 1.29 is 14.9 Å². The summed E-state index contributed by atoms with van der Waals surface area (Å²) >= 11 is 1.14. The number of hydrogen-bond acceptors (Lipinski definition) is 9. The van der Waals surface area contributed by atoms with E-state index < -0.39 is 23.1 Å². The van der Waals surface area contributed by atoms with Gasteiger partial charge in [-0.3, -0.25) is 4.79 Å². The second-order valence-corrected chi connectivity index (χ2v) is 7.32. The molecule has 0 aliphatic heterocycles. The van der Waals surface area contributed by atoms with Crippen LogP contribution in [0.2, 0.25) is 0 Å². The highest BCUT2D eigenvalue weighted by molar-refractivity contribution is 7.19. The van der Waals surface area contributed by atoms with Gasteiger partial charge in [-0.25, -0.2) is 25.1 Å². The van der Waals surface area contributed by atoms with Crippen LogP contribution in [0.3, 0.4) is 0 Å². The van der Waals surface area contributed by atoms with Crippen molar-refractivity contribution in [1.29, 1.82) is 0 Å². The van der Waals surface area contributed by atoms with Gasteiger partial charge in [-0.2, -0.15) is 0 Å². The van der Waals surface area contributed by atoms with Crippen molar-refractivity contribution in [3.8, 4) is 10.6 Å². The summed E-state index contributed by atoms with van der Waals surface area (Å²) in [5.74, 6) is -0.685. The first-order valence-corrected chi connectivity index (χ1v) is 9.64. The van der Waals surface area contributed by atoms with Crippen molar-refractivity contribution in [2.24, 2.45) is 5.73 Å². The third-order valence-electron chi connectivity index (χ3n) is 4.08. The zero-order valence-corrected chi connectivity index (χ0v) is 16.9. The van der Waals surface area contributed by atoms with Gasteiger partial charge in [-0.15, -0.1) is 0 Å². The third-order valence-corrected chi connectivity index (χ3v) is 5.17. The second-order valence-electron chi connectivity index (χ2n) is 6.32. The molecule has 0 saturated carbocycles. The van der Waals surface area contributed by atoms with Crippen molar-refractivity contribution in [2.45, 2.75) is 26.0 Å². The fourth-order valence-electron chi connectivity index (χ4n) is 2.52. The van der Waals surface area contributed by atoms with Gasteiger partial charge in [-0.05, 0) is 37.1 Å². The van der Waals surface area contributed by atoms with E-state index in [4.69, 9.17) is 5.73 Å². The number of hydrogen-bond donors (Lipinski definition) is 3. The maximum Gasteiger partial charge on any atom is 0.295 e. The normalized spacial score (nSPS) is 12.8. The molecule has 1 amide bonds. The Morgan fingerprint density at radius 3 is 2.63 bits per heavy atom. The molecule has 0 saturated heterocycles. The molecule has 3 rings (SSSR count). The molecular weight excluding hydrogens is 410 g/mol. The van der Waals surface area contributed by atoms with E-state index in [-0.39, 0.29) is 11.1 Å². The predicted molar refractivity (Wildman–Crippen MR) is 112 cm³/mol. The first-order valence-electron chi connectivity index (χ1n) is 8.82. The van der Waals surface area contributed by atoms with E-state index in [9.17, 15) is 20.0 Å². The Morgan fingerprint density at radius 2 is 2.00 bits per heavy atom. The summed E-state index contributed by atoms with van der Waals surface area (Å²) in [5.41, 5.74) is 6.91. The molecule has 3 aromatic rings. The zero-order valence-electron chi connectivity index (χ0n) is 16.1. The zero-order chi connectivity index (χ0) is 21.8. The molecule has 12 heteroatoms. The van der Waals surface area contributed by atoms with Crippen LogP contribution in [-0.2, 0) is 4.79 Å². The molecule has 1 aromatic carbocycles. The number of hydrazine groups is 1. The number of aryl methyl sites for hydroxylation is 1. The lowest BCUT2D eigenvalue weighted by atomic mass is 10.2. The van der Waals surface area contributed by atoms with Crippen molar-refractivity contribution in [2.75, 3.05) is 10.3 Å². The number of nitrogens with two attached hydrogens (primary N) is 1. The summed E-state index contributed by atoms with van der Waals surface area (Å²) in [7, 11) is 0. The number of para-hydroxylation sites is 1. The van der Waals surface area contributed by atoms with Crippen molar-refractivity contribution in [3.05, 3.63) is 58.4 Å². The Morgan fingerprint density at radius 1 is 1.30 bits per heavy atom. The number of nitrogens with zero attached hydrogens (tertiary/aromatic N) is 5. The number of thiazole rings is 1. The van der Waals surface area contributed by atoms with Gasteiger partial charge < -0.3 is 16.2 Å². The minimum absolute atomic E-state index is 0.113. The Labute approximate surface area is 175 Å². The summed E-state index contributed by atoms with van der Waals surface area (Å²) in [6.45, 7) is 3.14. The molecule has 0 unspecified atom stereocenters. The van der Waals surface area contributed by atoms with Gasteiger partial charge in [0.25, 0.3) is 5.95 Å². The van der Waals surface area contributed by atoms with Crippen molar-refractivity contribution in [3.63, 3.8) is 0 Å². The summed E-state index contributed by atoms with van der Waals surface area (Å²) in [6.07, 6.45) is 0.402. The second kappa shape index (κ2) is 8.90. The molecule has 2 atom stereocenters. The van der Waals surface area contributed by atoms with Crippen LogP contribution in [-0.4, -0.2) is 43.1 Å². The smallest absolute Gasteiger partial charge is 0.295 e. The molecule has 11 nitrogen and oxygen atoms in total. The number of aliphatic hydroxyl groups is 1. The third kappa shape index (κ3) is 4.56. The van der Waals surface area contributed by atoms with Gasteiger partial charge in [0.1, 0.15) is 11.7 Å². The number of nitrogens with one attached hydrogen (secondary N) is 1. The van der Waals surface area contributed by atoms with Crippen LogP contribution >= 0.6 is 11.3 Å². The van der Waals surface area contributed by atoms with Gasteiger partial charge in [0, 0.05) is 6.20 Å². The maximum absolute atomic E-state index is 12.0. The summed E-state index contributed by atoms with van der Waals surface area (Å²) in [5, 5.41) is 24.1. The number of aliphatic hydroxyl groups excluding tert-OH is 1. The standard InChI is InChI=1S/C18H19N7O4S/c1-10-15(30-18(21-10)23-16(27)14(19)11(2)26)13-8-9-20-17(22-13)24(25(28)29)12-6-4-3-5-7-12/h3-9,11,14,26H,19H2,1-2H3,(H,21,23,27)/t11-,14-/m1/s1. The molecule has 4 N–H and O–H groups in total. The molecule has 0 fully saturated rings. The largest absolute Gasteiger partial charge is 0.391 e. The SMILES string of the molecule is Cc1nc(NC(=O)[C@H](N)[C@@H](C)O)sc1-c1ccnc(N(c2ccccc2)[N+](=O)[O-])n1. The fraction of sp³-hybridized carbons (Fsp3) is 0.222. The molecule has 2 heterocycles. The van der Waals surface area contributed by atoms with Gasteiger partial charge in [0.05, 0.1) is 22.4 Å². The lowest BCUT2D eigenvalue weighted by molar-refractivity contribution is -0.484. The first kappa shape index (κ1) is 21.2. The van der Waals surface area contributed by atoms with Crippen LogP contribution in [0.5, 0.6) is 0 Å². The monoisotopic (exact) mass is 429 g/mol. The topological polar surface area (TPSA) is 160 Å². The van der Waals surface area contributed by atoms with Gasteiger partial charge >= 0.3 is 0 Å². The highest BCUT2D eigenvalue weighted by Crippen LogP contribution is 2.33. The van der Waals surface area contributed by atoms with Gasteiger partial charge in [0.15, 0.2) is 10.2 Å². The summed E-state index contributed by atoms with van der Waals surface area (Å²) in [6, 6.07) is 8.76. The number of carbonyl (C=O) groups is 1. The summed E-state index contributed by atoms with van der Waals surface area (Å²) < 4.78 is 0.